The van der Waals surface area contributed by atoms with Crippen LogP contribution in [0.3, 0.4) is 0 Å². The molecule has 0 aliphatic heterocycles. The zero-order valence-corrected chi connectivity index (χ0v) is 19.8. The molecule has 6 nitrogen and oxygen atoms in total. The van der Waals surface area contributed by atoms with E-state index in [1.807, 2.05) is 0 Å². The Balaban J connectivity index is 1.98. The molecular weight excluding hydrogens is 410 g/mol. The number of thiocarbonyl (C=S) groups is 1. The Kier molecular flexibility index (Phi) is 15.4. The summed E-state index contributed by atoms with van der Waals surface area (Å²) in [4.78, 5) is 22.6. The van der Waals surface area contributed by atoms with Crippen LogP contribution in [0.25, 0.3) is 0 Å². The van der Waals surface area contributed by atoms with E-state index in [9.17, 15) is 14.9 Å². The number of unbranched alkanes of at least 4 members (excludes halogenated alkanes) is 13. The Morgan fingerprint density at radius 3 is 1.87 bits per heavy atom. The van der Waals surface area contributed by atoms with Gasteiger partial charge < -0.3 is 5.32 Å². The molecule has 1 aromatic rings. The smallest absolute Gasteiger partial charge is 0.282 e. The van der Waals surface area contributed by atoms with Gasteiger partial charge in [0.1, 0.15) is 5.56 Å². The summed E-state index contributed by atoms with van der Waals surface area (Å²) in [6.07, 6.45) is 18.3. The Bertz CT molecular complexity index is 667. The van der Waals surface area contributed by atoms with E-state index < -0.39 is 10.8 Å². The van der Waals surface area contributed by atoms with Crippen molar-refractivity contribution in [2.45, 2.75) is 96.8 Å². The summed E-state index contributed by atoms with van der Waals surface area (Å²) in [7, 11) is 0. The highest BCUT2D eigenvalue weighted by molar-refractivity contribution is 7.80. The molecule has 0 radical (unpaired) electrons. The van der Waals surface area contributed by atoms with E-state index in [1.54, 1.807) is 6.07 Å². The first kappa shape index (κ1) is 27.0. The maximum absolute atomic E-state index is 12.2. The number of nitro benzene ring substituents is 1. The van der Waals surface area contributed by atoms with Gasteiger partial charge in [0.15, 0.2) is 5.11 Å². The SMILES string of the molecule is CCCCCCCCCCCCCCCCNC(=S)NC(=O)c1ccccc1[N+](=O)[O-]. The van der Waals surface area contributed by atoms with Gasteiger partial charge >= 0.3 is 0 Å². The van der Waals surface area contributed by atoms with Crippen LogP contribution in [0, 0.1) is 10.1 Å². The topological polar surface area (TPSA) is 84.3 Å². The van der Waals surface area contributed by atoms with Crippen molar-refractivity contribution in [2.75, 3.05) is 6.54 Å². The largest absolute Gasteiger partial charge is 0.362 e. The molecule has 0 fully saturated rings. The Morgan fingerprint density at radius 2 is 1.35 bits per heavy atom. The molecule has 7 heteroatoms. The number of benzene rings is 1. The normalized spacial score (nSPS) is 10.6. The lowest BCUT2D eigenvalue weighted by Crippen LogP contribution is -2.39. The van der Waals surface area contributed by atoms with Crippen molar-refractivity contribution in [3.05, 3.63) is 39.9 Å². The average molecular weight is 450 g/mol. The van der Waals surface area contributed by atoms with Crippen LogP contribution >= 0.6 is 12.2 Å². The van der Waals surface area contributed by atoms with Crippen molar-refractivity contribution in [3.8, 4) is 0 Å². The van der Waals surface area contributed by atoms with Gasteiger partial charge in [-0.2, -0.15) is 0 Å². The summed E-state index contributed by atoms with van der Waals surface area (Å²) in [5, 5.41) is 16.7. The lowest BCUT2D eigenvalue weighted by molar-refractivity contribution is -0.385. The lowest BCUT2D eigenvalue weighted by Gasteiger charge is -2.09. The third kappa shape index (κ3) is 13.1. The monoisotopic (exact) mass is 449 g/mol. The van der Waals surface area contributed by atoms with Gasteiger partial charge in [-0.1, -0.05) is 103 Å². The minimum atomic E-state index is -0.569. The molecule has 1 amide bonds. The molecule has 1 rings (SSSR count). The number of amides is 1. The van der Waals surface area contributed by atoms with E-state index in [0.29, 0.717) is 6.54 Å². The summed E-state index contributed by atoms with van der Waals surface area (Å²) < 4.78 is 0. The molecule has 1 aromatic carbocycles. The second kappa shape index (κ2) is 17.6. The summed E-state index contributed by atoms with van der Waals surface area (Å²) in [6.45, 7) is 2.95. The van der Waals surface area contributed by atoms with Crippen LogP contribution < -0.4 is 10.6 Å². The van der Waals surface area contributed by atoms with Crippen LogP contribution in [0.2, 0.25) is 0 Å². The van der Waals surface area contributed by atoms with Crippen LogP contribution in [0.1, 0.15) is 107 Å². The summed E-state index contributed by atoms with van der Waals surface area (Å²) in [6, 6.07) is 5.85. The van der Waals surface area contributed by atoms with E-state index in [-0.39, 0.29) is 16.4 Å². The highest BCUT2D eigenvalue weighted by Crippen LogP contribution is 2.17. The van der Waals surface area contributed by atoms with Gasteiger partial charge in [0.05, 0.1) is 4.92 Å². The molecule has 0 aromatic heterocycles. The molecule has 0 atom stereocenters. The van der Waals surface area contributed by atoms with E-state index in [0.717, 1.165) is 12.8 Å². The van der Waals surface area contributed by atoms with Gasteiger partial charge in [-0.05, 0) is 24.7 Å². The van der Waals surface area contributed by atoms with Crippen molar-refractivity contribution in [3.63, 3.8) is 0 Å². The number of rotatable bonds is 17. The molecule has 0 aliphatic carbocycles. The van der Waals surface area contributed by atoms with Gasteiger partial charge in [0, 0.05) is 12.6 Å². The standard InChI is InChI=1S/C24H39N3O3S/c1-2-3-4-5-6-7-8-9-10-11-12-13-14-17-20-25-24(31)26-23(28)21-18-15-16-19-22(21)27(29)30/h15-16,18-19H,2-14,17,20H2,1H3,(H2,25,26,28,31). The van der Waals surface area contributed by atoms with E-state index in [4.69, 9.17) is 12.2 Å². The van der Waals surface area contributed by atoms with Crippen LogP contribution in [0.15, 0.2) is 24.3 Å². The van der Waals surface area contributed by atoms with Crippen LogP contribution in [0.4, 0.5) is 5.69 Å². The Hall–Kier alpha value is -2.02. The number of carbonyl (C=O) groups is 1. The number of nitrogens with zero attached hydrogens (tertiary/aromatic N) is 1. The van der Waals surface area contributed by atoms with Crippen LogP contribution in [-0.2, 0) is 0 Å². The molecule has 31 heavy (non-hydrogen) atoms. The zero-order valence-electron chi connectivity index (χ0n) is 19.0. The van der Waals surface area contributed by atoms with Gasteiger partial charge in [0.25, 0.3) is 11.6 Å². The number of para-hydroxylation sites is 1. The van der Waals surface area contributed by atoms with Gasteiger partial charge in [-0.25, -0.2) is 0 Å². The molecule has 0 unspecified atom stereocenters. The zero-order chi connectivity index (χ0) is 22.7. The first-order valence-electron chi connectivity index (χ1n) is 11.9. The molecule has 0 saturated carbocycles. The van der Waals surface area contributed by atoms with E-state index >= 15 is 0 Å². The summed E-state index contributed by atoms with van der Waals surface area (Å²) in [5.41, 5.74) is -0.220. The number of nitrogens with one attached hydrogen (secondary N) is 2. The van der Waals surface area contributed by atoms with Gasteiger partial charge in [-0.3, -0.25) is 20.2 Å². The minimum absolute atomic E-state index is 0.00754. The molecule has 0 saturated heterocycles. The third-order valence-corrected chi connectivity index (χ3v) is 5.63. The number of hydrogen-bond acceptors (Lipinski definition) is 4. The second-order valence-electron chi connectivity index (χ2n) is 8.08. The Morgan fingerprint density at radius 1 is 0.871 bits per heavy atom. The lowest BCUT2D eigenvalue weighted by atomic mass is 10.0. The predicted molar refractivity (Wildman–Crippen MR) is 131 cm³/mol. The third-order valence-electron chi connectivity index (χ3n) is 5.39. The second-order valence-corrected chi connectivity index (χ2v) is 8.49. The fraction of sp³-hybridized carbons (Fsp3) is 0.667. The minimum Gasteiger partial charge on any atom is -0.362 e. The molecule has 0 bridgehead atoms. The molecule has 0 aliphatic rings. The van der Waals surface area contributed by atoms with E-state index in [1.165, 1.54) is 95.2 Å². The maximum Gasteiger partial charge on any atom is 0.282 e. The quantitative estimate of drug-likeness (QED) is 0.120. The molecule has 2 N–H and O–H groups in total. The molecular formula is C24H39N3O3S. The summed E-state index contributed by atoms with van der Waals surface area (Å²) >= 11 is 5.13. The fourth-order valence-corrected chi connectivity index (χ4v) is 3.76. The average Bonchev–Trinajstić information content (AvgIpc) is 2.76. The summed E-state index contributed by atoms with van der Waals surface area (Å²) in [5.74, 6) is -0.564. The van der Waals surface area contributed by atoms with Crippen molar-refractivity contribution in [2.24, 2.45) is 0 Å². The van der Waals surface area contributed by atoms with Crippen molar-refractivity contribution < 1.29 is 9.72 Å². The molecule has 0 heterocycles. The van der Waals surface area contributed by atoms with Crippen molar-refractivity contribution in [1.29, 1.82) is 0 Å². The molecule has 174 valence electrons. The van der Waals surface area contributed by atoms with Gasteiger partial charge in [0.2, 0.25) is 0 Å². The van der Waals surface area contributed by atoms with Crippen molar-refractivity contribution >= 4 is 28.9 Å². The first-order valence-corrected chi connectivity index (χ1v) is 12.3. The fourth-order valence-electron chi connectivity index (χ4n) is 3.56. The van der Waals surface area contributed by atoms with Gasteiger partial charge in [-0.15, -0.1) is 0 Å². The number of carbonyl (C=O) groups excluding carboxylic acids is 1. The van der Waals surface area contributed by atoms with E-state index in [2.05, 4.69) is 17.6 Å². The molecule has 0 spiro atoms. The first-order chi connectivity index (χ1) is 15.1. The predicted octanol–water partition coefficient (Wildman–Crippen LogP) is 6.68. The van der Waals surface area contributed by atoms with Crippen LogP contribution in [0.5, 0.6) is 0 Å². The number of hydrogen-bond donors (Lipinski definition) is 2. The highest BCUT2D eigenvalue weighted by Gasteiger charge is 2.19. The maximum atomic E-state index is 12.2. The highest BCUT2D eigenvalue weighted by atomic mass is 32.1. The van der Waals surface area contributed by atoms with Crippen LogP contribution in [-0.4, -0.2) is 22.5 Å². The number of nitro groups is 1. The Labute approximate surface area is 192 Å². The van der Waals surface area contributed by atoms with Crippen molar-refractivity contribution in [1.82, 2.24) is 10.6 Å².